The van der Waals surface area contributed by atoms with Gasteiger partial charge in [0.1, 0.15) is 5.54 Å². The fraction of sp³-hybridized carbons (Fsp3) is 0.875. The van der Waals surface area contributed by atoms with Gasteiger partial charge in [-0.15, -0.1) is 0 Å². The third kappa shape index (κ3) is 2.70. The zero-order valence-electron chi connectivity index (χ0n) is 13.2. The van der Waals surface area contributed by atoms with Gasteiger partial charge in [0.15, 0.2) is 0 Å². The van der Waals surface area contributed by atoms with Crippen LogP contribution in [0.3, 0.4) is 0 Å². The molecular formula is C16H28N2O2. The fourth-order valence-corrected chi connectivity index (χ4v) is 3.76. The molecule has 4 nitrogen and oxygen atoms in total. The lowest BCUT2D eigenvalue weighted by Gasteiger charge is -2.47. The minimum absolute atomic E-state index is 0.0120. The Bertz CT molecular complexity index is 394. The van der Waals surface area contributed by atoms with E-state index in [9.17, 15) is 9.59 Å². The van der Waals surface area contributed by atoms with Crippen LogP contribution < -0.4 is 5.32 Å². The molecule has 0 aromatic carbocycles. The number of nitrogens with one attached hydrogen (secondary N) is 1. The molecule has 2 amide bonds. The maximum atomic E-state index is 12.8. The van der Waals surface area contributed by atoms with E-state index in [0.717, 1.165) is 6.42 Å². The van der Waals surface area contributed by atoms with Crippen molar-refractivity contribution in [3.63, 3.8) is 0 Å². The van der Waals surface area contributed by atoms with Gasteiger partial charge in [-0.3, -0.25) is 9.59 Å². The molecule has 0 radical (unpaired) electrons. The molecule has 2 aliphatic rings. The van der Waals surface area contributed by atoms with Crippen LogP contribution in [-0.4, -0.2) is 34.8 Å². The summed E-state index contributed by atoms with van der Waals surface area (Å²) < 4.78 is 0. The molecule has 0 aromatic heterocycles. The Morgan fingerprint density at radius 3 is 2.55 bits per heavy atom. The fourth-order valence-electron chi connectivity index (χ4n) is 3.76. The molecule has 0 aromatic rings. The molecule has 20 heavy (non-hydrogen) atoms. The predicted octanol–water partition coefficient (Wildman–Crippen LogP) is 2.33. The molecule has 1 heterocycles. The molecule has 0 spiro atoms. The number of carbonyl (C=O) groups is 2. The summed E-state index contributed by atoms with van der Waals surface area (Å²) in [4.78, 5) is 26.7. The first-order valence-corrected chi connectivity index (χ1v) is 8.01. The van der Waals surface area contributed by atoms with Crippen LogP contribution in [0.5, 0.6) is 0 Å². The summed E-state index contributed by atoms with van der Waals surface area (Å²) in [6, 6.07) is 0.244. The number of rotatable bonds is 3. The van der Waals surface area contributed by atoms with Crippen LogP contribution in [0.15, 0.2) is 0 Å². The Balaban J connectivity index is 2.24. The van der Waals surface area contributed by atoms with Crippen LogP contribution in [0, 0.1) is 11.8 Å². The first-order valence-electron chi connectivity index (χ1n) is 8.01. The second-order valence-corrected chi connectivity index (χ2v) is 6.93. The van der Waals surface area contributed by atoms with Crippen molar-refractivity contribution in [3.05, 3.63) is 0 Å². The Morgan fingerprint density at radius 1 is 1.30 bits per heavy atom. The van der Waals surface area contributed by atoms with E-state index < -0.39 is 5.54 Å². The van der Waals surface area contributed by atoms with E-state index in [-0.39, 0.29) is 24.4 Å². The average Bonchev–Trinajstić information content (AvgIpc) is 2.42. The van der Waals surface area contributed by atoms with E-state index >= 15 is 0 Å². The Morgan fingerprint density at radius 2 is 1.95 bits per heavy atom. The molecule has 114 valence electrons. The smallest absolute Gasteiger partial charge is 0.248 e. The number of piperazine rings is 1. The molecule has 3 unspecified atom stereocenters. The average molecular weight is 280 g/mol. The maximum Gasteiger partial charge on any atom is 0.248 e. The van der Waals surface area contributed by atoms with E-state index in [1.807, 2.05) is 18.7 Å². The SMILES string of the molecule is CCC1(C)NC(=O)CN(C2CCCCC2C(C)C)C1=O. The van der Waals surface area contributed by atoms with Crippen molar-refractivity contribution in [1.29, 1.82) is 0 Å². The van der Waals surface area contributed by atoms with Gasteiger partial charge < -0.3 is 10.2 Å². The lowest BCUT2D eigenvalue weighted by molar-refractivity contribution is -0.154. The highest BCUT2D eigenvalue weighted by Crippen LogP contribution is 2.35. The van der Waals surface area contributed by atoms with Gasteiger partial charge in [-0.05, 0) is 38.0 Å². The van der Waals surface area contributed by atoms with E-state index in [1.165, 1.54) is 19.3 Å². The summed E-state index contributed by atoms with van der Waals surface area (Å²) in [5.74, 6) is 1.19. The van der Waals surface area contributed by atoms with Crippen LogP contribution in [-0.2, 0) is 9.59 Å². The topological polar surface area (TPSA) is 49.4 Å². The molecule has 4 heteroatoms. The summed E-state index contributed by atoms with van der Waals surface area (Å²) in [5, 5.41) is 2.88. The van der Waals surface area contributed by atoms with Gasteiger partial charge in [0.25, 0.3) is 0 Å². The molecule has 2 fully saturated rings. The Kier molecular flexibility index (Phi) is 4.40. The maximum absolute atomic E-state index is 12.8. The Labute approximate surface area is 122 Å². The highest BCUT2D eigenvalue weighted by Gasteiger charge is 2.46. The first kappa shape index (κ1) is 15.3. The van der Waals surface area contributed by atoms with Gasteiger partial charge in [-0.2, -0.15) is 0 Å². The van der Waals surface area contributed by atoms with Crippen LogP contribution in [0.4, 0.5) is 0 Å². The largest absolute Gasteiger partial charge is 0.340 e. The normalized spacial score (nSPS) is 35.4. The van der Waals surface area contributed by atoms with Crippen molar-refractivity contribution in [2.24, 2.45) is 11.8 Å². The number of nitrogens with zero attached hydrogens (tertiary/aromatic N) is 1. The number of hydrogen-bond donors (Lipinski definition) is 1. The van der Waals surface area contributed by atoms with Crippen molar-refractivity contribution in [1.82, 2.24) is 10.2 Å². The van der Waals surface area contributed by atoms with E-state index in [2.05, 4.69) is 19.2 Å². The van der Waals surface area contributed by atoms with Gasteiger partial charge in [0.2, 0.25) is 11.8 Å². The number of hydrogen-bond acceptors (Lipinski definition) is 2. The lowest BCUT2D eigenvalue weighted by Crippen LogP contribution is -2.68. The highest BCUT2D eigenvalue weighted by atomic mass is 16.2. The zero-order chi connectivity index (χ0) is 14.9. The molecule has 0 bridgehead atoms. The molecule has 1 N–H and O–H groups in total. The molecule has 3 atom stereocenters. The second-order valence-electron chi connectivity index (χ2n) is 6.93. The van der Waals surface area contributed by atoms with Crippen molar-refractivity contribution in [2.75, 3.05) is 6.54 Å². The van der Waals surface area contributed by atoms with E-state index in [0.29, 0.717) is 18.3 Å². The first-order chi connectivity index (χ1) is 9.39. The molecule has 1 saturated carbocycles. The predicted molar refractivity (Wildman–Crippen MR) is 79.1 cm³/mol. The van der Waals surface area contributed by atoms with Gasteiger partial charge >= 0.3 is 0 Å². The summed E-state index contributed by atoms with van der Waals surface area (Å²) >= 11 is 0. The summed E-state index contributed by atoms with van der Waals surface area (Å²) in [5.41, 5.74) is -0.714. The molecule has 1 saturated heterocycles. The van der Waals surface area contributed by atoms with Gasteiger partial charge in [0.05, 0.1) is 6.54 Å². The van der Waals surface area contributed by atoms with Crippen molar-refractivity contribution < 1.29 is 9.59 Å². The third-order valence-electron chi connectivity index (χ3n) is 5.21. The lowest BCUT2D eigenvalue weighted by atomic mass is 9.76. The van der Waals surface area contributed by atoms with Gasteiger partial charge in [0, 0.05) is 6.04 Å². The molecule has 2 rings (SSSR count). The number of carbonyl (C=O) groups excluding carboxylic acids is 2. The monoisotopic (exact) mass is 280 g/mol. The minimum atomic E-state index is -0.714. The van der Waals surface area contributed by atoms with E-state index in [1.54, 1.807) is 0 Å². The van der Waals surface area contributed by atoms with Crippen molar-refractivity contribution >= 4 is 11.8 Å². The van der Waals surface area contributed by atoms with Gasteiger partial charge in [-0.1, -0.05) is 33.6 Å². The Hall–Kier alpha value is -1.06. The summed E-state index contributed by atoms with van der Waals surface area (Å²) in [6.45, 7) is 8.52. The minimum Gasteiger partial charge on any atom is -0.340 e. The summed E-state index contributed by atoms with van der Waals surface area (Å²) in [6.07, 6.45) is 5.28. The van der Waals surface area contributed by atoms with Crippen LogP contribution in [0.25, 0.3) is 0 Å². The zero-order valence-corrected chi connectivity index (χ0v) is 13.2. The molecular weight excluding hydrogens is 252 g/mol. The number of amides is 2. The van der Waals surface area contributed by atoms with Crippen molar-refractivity contribution in [3.8, 4) is 0 Å². The van der Waals surface area contributed by atoms with Crippen LogP contribution >= 0.6 is 0 Å². The van der Waals surface area contributed by atoms with Crippen molar-refractivity contribution in [2.45, 2.75) is 71.4 Å². The standard InChI is InChI=1S/C16H28N2O2/c1-5-16(4)15(20)18(10-14(19)17-16)13-9-7-6-8-12(13)11(2)3/h11-13H,5-10H2,1-4H3,(H,17,19). The highest BCUT2D eigenvalue weighted by molar-refractivity contribution is 5.97. The van der Waals surface area contributed by atoms with Crippen LogP contribution in [0.2, 0.25) is 0 Å². The quantitative estimate of drug-likeness (QED) is 0.862. The summed E-state index contributed by atoms with van der Waals surface area (Å²) in [7, 11) is 0. The third-order valence-corrected chi connectivity index (χ3v) is 5.21. The second kappa shape index (κ2) is 5.74. The van der Waals surface area contributed by atoms with Gasteiger partial charge in [-0.25, -0.2) is 0 Å². The molecule has 1 aliphatic carbocycles. The van der Waals surface area contributed by atoms with Crippen LogP contribution in [0.1, 0.15) is 59.8 Å². The van der Waals surface area contributed by atoms with E-state index in [4.69, 9.17) is 0 Å². The molecule has 1 aliphatic heterocycles.